The lowest BCUT2D eigenvalue weighted by Gasteiger charge is -2.07. The van der Waals surface area contributed by atoms with Gasteiger partial charge in [-0.15, -0.1) is 11.3 Å². The number of aldehydes is 1. The molecule has 1 aromatic heterocycles. The number of thiophene rings is 1. The molecule has 0 aliphatic rings. The van der Waals surface area contributed by atoms with Gasteiger partial charge in [-0.05, 0) is 29.6 Å². The Bertz CT molecular complexity index is 494. The van der Waals surface area contributed by atoms with E-state index in [0.717, 1.165) is 12.7 Å². The molecule has 0 saturated carbocycles. The fourth-order valence-electron chi connectivity index (χ4n) is 1.42. The summed E-state index contributed by atoms with van der Waals surface area (Å²) in [6.07, 6.45) is 1.63. The molecule has 0 aliphatic heterocycles. The minimum absolute atomic E-state index is 0.473. The molecule has 0 unspecified atom stereocenters. The van der Waals surface area contributed by atoms with E-state index >= 15 is 0 Å². The van der Waals surface area contributed by atoms with Gasteiger partial charge in [0, 0.05) is 16.9 Å². The molecule has 0 radical (unpaired) electrons. The van der Waals surface area contributed by atoms with Gasteiger partial charge in [-0.3, -0.25) is 4.79 Å². The summed E-state index contributed by atoms with van der Waals surface area (Å²) in [4.78, 5) is 11.8. The lowest BCUT2D eigenvalue weighted by atomic mass is 10.2. The summed E-state index contributed by atoms with van der Waals surface area (Å²) in [6, 6.07) is 9.12. The zero-order valence-corrected chi connectivity index (χ0v) is 10.6. The molecule has 17 heavy (non-hydrogen) atoms. The second-order valence-electron chi connectivity index (χ2n) is 3.49. The molecule has 2 aromatic rings. The molecule has 88 valence electrons. The van der Waals surface area contributed by atoms with Crippen LogP contribution in [-0.2, 0) is 6.42 Å². The lowest BCUT2D eigenvalue weighted by molar-refractivity contribution is 0.112. The van der Waals surface area contributed by atoms with E-state index in [1.165, 1.54) is 4.88 Å². The van der Waals surface area contributed by atoms with Gasteiger partial charge in [0.25, 0.3) is 0 Å². The lowest BCUT2D eigenvalue weighted by Crippen LogP contribution is -2.00. The van der Waals surface area contributed by atoms with E-state index in [-0.39, 0.29) is 0 Å². The van der Waals surface area contributed by atoms with Crippen LogP contribution < -0.4 is 4.74 Å². The Morgan fingerprint density at radius 1 is 1.35 bits per heavy atom. The van der Waals surface area contributed by atoms with Crippen molar-refractivity contribution in [3.05, 3.63) is 51.2 Å². The number of carbonyl (C=O) groups is 1. The molecule has 0 atom stereocenters. The molecule has 0 spiro atoms. The molecule has 2 nitrogen and oxygen atoms in total. The molecule has 0 fully saturated rings. The van der Waals surface area contributed by atoms with E-state index in [1.807, 2.05) is 11.4 Å². The first-order valence-electron chi connectivity index (χ1n) is 5.19. The first kappa shape index (κ1) is 12.1. The van der Waals surface area contributed by atoms with Crippen LogP contribution in [0.5, 0.6) is 5.75 Å². The fourth-order valence-corrected chi connectivity index (χ4v) is 2.36. The second-order valence-corrected chi connectivity index (χ2v) is 4.92. The highest BCUT2D eigenvalue weighted by Crippen LogP contribution is 2.25. The van der Waals surface area contributed by atoms with Gasteiger partial charge in [0.1, 0.15) is 12.0 Å². The first-order valence-corrected chi connectivity index (χ1v) is 6.45. The Kier molecular flexibility index (Phi) is 4.18. The molecule has 2 rings (SSSR count). The fraction of sp³-hybridized carbons (Fsp3) is 0.154. The summed E-state index contributed by atoms with van der Waals surface area (Å²) in [6.45, 7) is 0.584. The second kappa shape index (κ2) is 5.84. The summed E-state index contributed by atoms with van der Waals surface area (Å²) < 4.78 is 5.57. The van der Waals surface area contributed by atoms with Gasteiger partial charge in [-0.25, -0.2) is 0 Å². The Balaban J connectivity index is 1.92. The van der Waals surface area contributed by atoms with E-state index in [9.17, 15) is 4.79 Å². The maximum Gasteiger partial charge on any atom is 0.150 e. The van der Waals surface area contributed by atoms with Gasteiger partial charge in [-0.1, -0.05) is 17.7 Å². The highest BCUT2D eigenvalue weighted by molar-refractivity contribution is 7.09. The quantitative estimate of drug-likeness (QED) is 0.769. The van der Waals surface area contributed by atoms with Gasteiger partial charge in [0.15, 0.2) is 0 Å². The van der Waals surface area contributed by atoms with Gasteiger partial charge < -0.3 is 4.74 Å². The van der Waals surface area contributed by atoms with Crippen LogP contribution in [0.25, 0.3) is 0 Å². The van der Waals surface area contributed by atoms with E-state index in [0.29, 0.717) is 22.9 Å². The van der Waals surface area contributed by atoms with Crippen LogP contribution in [0.3, 0.4) is 0 Å². The molecule has 0 bridgehead atoms. The van der Waals surface area contributed by atoms with Crippen molar-refractivity contribution in [1.82, 2.24) is 0 Å². The number of halogens is 1. The van der Waals surface area contributed by atoms with Crippen molar-refractivity contribution in [1.29, 1.82) is 0 Å². The van der Waals surface area contributed by atoms with Gasteiger partial charge >= 0.3 is 0 Å². The Labute approximate surface area is 109 Å². The normalized spacial score (nSPS) is 10.2. The Morgan fingerprint density at radius 2 is 2.24 bits per heavy atom. The van der Waals surface area contributed by atoms with Crippen molar-refractivity contribution in [2.24, 2.45) is 0 Å². The Hall–Kier alpha value is -1.32. The van der Waals surface area contributed by atoms with E-state index in [4.69, 9.17) is 16.3 Å². The number of hydrogen-bond donors (Lipinski definition) is 0. The number of benzene rings is 1. The van der Waals surface area contributed by atoms with E-state index in [2.05, 4.69) is 6.07 Å². The van der Waals surface area contributed by atoms with Crippen molar-refractivity contribution in [2.75, 3.05) is 6.61 Å². The van der Waals surface area contributed by atoms with Crippen LogP contribution >= 0.6 is 22.9 Å². The average Bonchev–Trinajstić information content (AvgIpc) is 2.84. The van der Waals surface area contributed by atoms with Crippen LogP contribution in [0.2, 0.25) is 5.02 Å². The zero-order valence-electron chi connectivity index (χ0n) is 9.06. The summed E-state index contributed by atoms with van der Waals surface area (Å²) in [7, 11) is 0. The van der Waals surface area contributed by atoms with Crippen molar-refractivity contribution in [3.63, 3.8) is 0 Å². The van der Waals surface area contributed by atoms with Crippen LogP contribution in [0.1, 0.15) is 15.2 Å². The molecular weight excluding hydrogens is 256 g/mol. The molecule has 1 aromatic carbocycles. The maximum absolute atomic E-state index is 10.5. The molecule has 4 heteroatoms. The number of hydrogen-bond acceptors (Lipinski definition) is 3. The minimum Gasteiger partial charge on any atom is -0.492 e. The highest BCUT2D eigenvalue weighted by atomic mass is 35.5. The third-order valence-electron chi connectivity index (χ3n) is 2.28. The van der Waals surface area contributed by atoms with Crippen molar-refractivity contribution in [3.8, 4) is 5.75 Å². The van der Waals surface area contributed by atoms with Crippen LogP contribution in [0.4, 0.5) is 0 Å². The average molecular weight is 267 g/mol. The number of rotatable bonds is 5. The molecule has 1 heterocycles. The predicted molar refractivity (Wildman–Crippen MR) is 70.4 cm³/mol. The van der Waals surface area contributed by atoms with Crippen LogP contribution in [0, 0.1) is 0 Å². The standard InChI is InChI=1S/C13H11ClO2S/c14-12-8-10(9-15)3-4-13(12)16-6-5-11-2-1-7-17-11/h1-4,7-9H,5-6H2. The van der Waals surface area contributed by atoms with E-state index in [1.54, 1.807) is 29.5 Å². The SMILES string of the molecule is O=Cc1ccc(OCCc2cccs2)c(Cl)c1. The van der Waals surface area contributed by atoms with E-state index < -0.39 is 0 Å². The largest absolute Gasteiger partial charge is 0.492 e. The smallest absolute Gasteiger partial charge is 0.150 e. The Morgan fingerprint density at radius 3 is 2.88 bits per heavy atom. The molecule has 0 amide bonds. The topological polar surface area (TPSA) is 26.3 Å². The number of carbonyl (C=O) groups excluding carboxylic acids is 1. The summed E-state index contributed by atoms with van der Waals surface area (Å²) >= 11 is 7.70. The maximum atomic E-state index is 10.5. The molecule has 0 N–H and O–H groups in total. The zero-order chi connectivity index (χ0) is 12.1. The van der Waals surface area contributed by atoms with Crippen molar-refractivity contribution < 1.29 is 9.53 Å². The first-order chi connectivity index (χ1) is 8.29. The minimum atomic E-state index is 0.473. The van der Waals surface area contributed by atoms with Gasteiger partial charge in [0.2, 0.25) is 0 Å². The molecular formula is C13H11ClO2S. The monoisotopic (exact) mass is 266 g/mol. The third kappa shape index (κ3) is 3.32. The number of ether oxygens (including phenoxy) is 1. The third-order valence-corrected chi connectivity index (χ3v) is 3.51. The molecule has 0 aliphatic carbocycles. The van der Waals surface area contributed by atoms with Crippen LogP contribution in [0.15, 0.2) is 35.7 Å². The van der Waals surface area contributed by atoms with Crippen LogP contribution in [-0.4, -0.2) is 12.9 Å². The van der Waals surface area contributed by atoms with Crippen molar-refractivity contribution in [2.45, 2.75) is 6.42 Å². The summed E-state index contributed by atoms with van der Waals surface area (Å²) in [5.74, 6) is 0.619. The van der Waals surface area contributed by atoms with Gasteiger partial charge in [0.05, 0.1) is 11.6 Å². The predicted octanol–water partition coefficient (Wildman–Crippen LogP) is 3.84. The summed E-state index contributed by atoms with van der Waals surface area (Å²) in [5.41, 5.74) is 0.556. The van der Waals surface area contributed by atoms with Crippen molar-refractivity contribution >= 4 is 29.2 Å². The molecule has 0 saturated heterocycles. The summed E-state index contributed by atoms with van der Waals surface area (Å²) in [5, 5.41) is 2.52. The van der Waals surface area contributed by atoms with Gasteiger partial charge in [-0.2, -0.15) is 0 Å². The highest BCUT2D eigenvalue weighted by Gasteiger charge is 2.03.